The Morgan fingerprint density at radius 3 is 3.00 bits per heavy atom. The Labute approximate surface area is 146 Å². The zero-order valence-corrected chi connectivity index (χ0v) is 14.2. The number of hydrogen-bond donors (Lipinski definition) is 1. The number of para-hydroxylation sites is 1. The number of pyridine rings is 1. The van der Waals surface area contributed by atoms with Gasteiger partial charge >= 0.3 is 0 Å². The minimum atomic E-state index is -0.0700. The monoisotopic (exact) mass is 335 g/mol. The molecule has 1 aliphatic heterocycles. The zero-order valence-electron chi connectivity index (χ0n) is 14.2. The summed E-state index contributed by atoms with van der Waals surface area (Å²) in [5, 5.41) is 8.71. The van der Waals surface area contributed by atoms with Gasteiger partial charge in [0.25, 0.3) is 5.56 Å². The molecule has 4 rings (SSSR count). The number of nitrogens with zero attached hydrogens (tertiary/aromatic N) is 4. The molecule has 6 heteroatoms. The van der Waals surface area contributed by atoms with E-state index in [4.69, 9.17) is 0 Å². The van der Waals surface area contributed by atoms with Gasteiger partial charge in [0.1, 0.15) is 5.82 Å². The molecule has 2 aromatic heterocycles. The van der Waals surface area contributed by atoms with Crippen LogP contribution in [-0.4, -0.2) is 34.4 Å². The second-order valence-electron chi connectivity index (χ2n) is 6.55. The van der Waals surface area contributed by atoms with Gasteiger partial charge in [-0.2, -0.15) is 5.10 Å². The molecule has 0 spiro atoms. The molecule has 0 radical (unpaired) electrons. The predicted molar refractivity (Wildman–Crippen MR) is 100 cm³/mol. The minimum Gasteiger partial charge on any atom is -0.370 e. The van der Waals surface area contributed by atoms with Crippen molar-refractivity contribution in [3.63, 3.8) is 0 Å². The molecule has 0 aliphatic carbocycles. The van der Waals surface area contributed by atoms with E-state index in [0.29, 0.717) is 5.92 Å². The van der Waals surface area contributed by atoms with Gasteiger partial charge in [-0.3, -0.25) is 4.79 Å². The summed E-state index contributed by atoms with van der Waals surface area (Å²) in [5.74, 6) is 1.43. The van der Waals surface area contributed by atoms with Crippen LogP contribution in [0.2, 0.25) is 0 Å². The van der Waals surface area contributed by atoms with E-state index in [0.717, 1.165) is 48.5 Å². The predicted octanol–water partition coefficient (Wildman–Crippen LogP) is 2.27. The Morgan fingerprint density at radius 1 is 1.24 bits per heavy atom. The molecule has 3 heterocycles. The summed E-state index contributed by atoms with van der Waals surface area (Å²) in [4.78, 5) is 18.6. The first-order valence-electron chi connectivity index (χ1n) is 8.57. The van der Waals surface area contributed by atoms with Crippen molar-refractivity contribution in [1.29, 1.82) is 0 Å². The standard InChI is InChI=1S/C19H21N5O/c1-23-19(25)10-16(12-21-23)24-9-8-14(13-24)11-20-18-7-6-15-4-2-3-5-17(15)22-18/h2-7,10,12,14H,8-9,11,13H2,1H3,(H,20,22). The summed E-state index contributed by atoms with van der Waals surface area (Å²) in [6.45, 7) is 2.75. The van der Waals surface area contributed by atoms with Gasteiger partial charge in [-0.1, -0.05) is 18.2 Å². The Hall–Kier alpha value is -2.89. The molecule has 6 nitrogen and oxygen atoms in total. The Morgan fingerprint density at radius 2 is 2.12 bits per heavy atom. The van der Waals surface area contributed by atoms with Crippen LogP contribution >= 0.6 is 0 Å². The Bertz CT molecular complexity index is 952. The maximum atomic E-state index is 11.7. The highest BCUT2D eigenvalue weighted by Crippen LogP contribution is 2.23. The first-order valence-corrected chi connectivity index (χ1v) is 8.57. The fourth-order valence-electron chi connectivity index (χ4n) is 3.28. The van der Waals surface area contributed by atoms with Gasteiger partial charge in [0, 0.05) is 38.1 Å². The molecule has 0 bridgehead atoms. The van der Waals surface area contributed by atoms with Crippen LogP contribution < -0.4 is 15.8 Å². The van der Waals surface area contributed by atoms with E-state index in [1.165, 1.54) is 4.68 Å². The van der Waals surface area contributed by atoms with Crippen LogP contribution in [0.4, 0.5) is 11.5 Å². The summed E-state index contributed by atoms with van der Waals surface area (Å²) in [5.41, 5.74) is 1.85. The number of hydrogen-bond acceptors (Lipinski definition) is 5. The van der Waals surface area contributed by atoms with Crippen molar-refractivity contribution in [3.05, 3.63) is 59.0 Å². The van der Waals surface area contributed by atoms with Gasteiger partial charge in [-0.25, -0.2) is 9.67 Å². The molecular weight excluding hydrogens is 314 g/mol. The number of benzene rings is 1. The number of aryl methyl sites for hydroxylation is 1. The van der Waals surface area contributed by atoms with Crippen LogP contribution in [0.3, 0.4) is 0 Å². The normalized spacial score (nSPS) is 17.2. The first-order chi connectivity index (χ1) is 12.2. The van der Waals surface area contributed by atoms with Gasteiger partial charge in [-0.05, 0) is 30.5 Å². The molecule has 128 valence electrons. The Kier molecular flexibility index (Phi) is 4.09. The number of rotatable bonds is 4. The highest BCUT2D eigenvalue weighted by molar-refractivity contribution is 5.80. The number of nitrogens with one attached hydrogen (secondary N) is 1. The molecule has 25 heavy (non-hydrogen) atoms. The molecule has 0 amide bonds. The summed E-state index contributed by atoms with van der Waals surface area (Å²) < 4.78 is 1.35. The van der Waals surface area contributed by atoms with E-state index < -0.39 is 0 Å². The van der Waals surface area contributed by atoms with Crippen LogP contribution in [0.1, 0.15) is 6.42 Å². The summed E-state index contributed by atoms with van der Waals surface area (Å²) >= 11 is 0. The van der Waals surface area contributed by atoms with Crippen LogP contribution in [0.25, 0.3) is 10.9 Å². The van der Waals surface area contributed by atoms with E-state index in [1.807, 2.05) is 24.3 Å². The fourth-order valence-corrected chi connectivity index (χ4v) is 3.28. The van der Waals surface area contributed by atoms with Crippen molar-refractivity contribution in [2.45, 2.75) is 6.42 Å². The zero-order chi connectivity index (χ0) is 17.2. The van der Waals surface area contributed by atoms with Gasteiger partial charge in [0.2, 0.25) is 0 Å². The maximum absolute atomic E-state index is 11.7. The quantitative estimate of drug-likeness (QED) is 0.792. The highest BCUT2D eigenvalue weighted by Gasteiger charge is 2.23. The summed E-state index contributed by atoms with van der Waals surface area (Å²) in [6, 6.07) is 13.9. The maximum Gasteiger partial charge on any atom is 0.268 e. The van der Waals surface area contributed by atoms with Crippen molar-refractivity contribution in [2.75, 3.05) is 29.9 Å². The molecule has 1 atom stereocenters. The summed E-state index contributed by atoms with van der Waals surface area (Å²) in [7, 11) is 1.67. The molecule has 1 unspecified atom stereocenters. The van der Waals surface area contributed by atoms with Crippen LogP contribution in [0.15, 0.2) is 53.5 Å². The average Bonchev–Trinajstić information content (AvgIpc) is 3.11. The van der Waals surface area contributed by atoms with Crippen molar-refractivity contribution in [2.24, 2.45) is 13.0 Å². The molecule has 1 aliphatic rings. The van der Waals surface area contributed by atoms with Crippen LogP contribution in [0, 0.1) is 5.92 Å². The third-order valence-corrected chi connectivity index (χ3v) is 4.77. The van der Waals surface area contributed by atoms with Crippen molar-refractivity contribution >= 4 is 22.4 Å². The minimum absolute atomic E-state index is 0.0700. The van der Waals surface area contributed by atoms with Crippen molar-refractivity contribution < 1.29 is 0 Å². The van der Waals surface area contributed by atoms with Gasteiger partial charge in [0.05, 0.1) is 17.4 Å². The molecule has 1 saturated heterocycles. The largest absolute Gasteiger partial charge is 0.370 e. The lowest BCUT2D eigenvalue weighted by Crippen LogP contribution is -2.26. The molecule has 0 saturated carbocycles. The number of anilines is 2. The molecule has 3 aromatic rings. The second kappa shape index (κ2) is 6.55. The third kappa shape index (κ3) is 3.33. The number of aromatic nitrogens is 3. The van der Waals surface area contributed by atoms with Crippen LogP contribution in [-0.2, 0) is 7.05 Å². The lowest BCUT2D eigenvalue weighted by Gasteiger charge is -2.18. The molecule has 1 aromatic carbocycles. The third-order valence-electron chi connectivity index (χ3n) is 4.77. The van der Waals surface area contributed by atoms with Gasteiger partial charge in [-0.15, -0.1) is 0 Å². The topological polar surface area (TPSA) is 63.1 Å². The summed E-state index contributed by atoms with van der Waals surface area (Å²) in [6.07, 6.45) is 2.86. The molecular formula is C19H21N5O. The van der Waals surface area contributed by atoms with E-state index in [-0.39, 0.29) is 5.56 Å². The second-order valence-corrected chi connectivity index (χ2v) is 6.55. The molecule has 1 fully saturated rings. The Balaban J connectivity index is 1.38. The van der Waals surface area contributed by atoms with Crippen LogP contribution in [0.5, 0.6) is 0 Å². The lowest BCUT2D eigenvalue weighted by molar-refractivity contribution is 0.621. The van der Waals surface area contributed by atoms with E-state index in [2.05, 4.69) is 32.4 Å². The fraction of sp³-hybridized carbons (Fsp3) is 0.316. The van der Waals surface area contributed by atoms with E-state index >= 15 is 0 Å². The highest BCUT2D eigenvalue weighted by atomic mass is 16.1. The smallest absolute Gasteiger partial charge is 0.268 e. The first kappa shape index (κ1) is 15.6. The van der Waals surface area contributed by atoms with Gasteiger partial charge < -0.3 is 10.2 Å². The average molecular weight is 335 g/mol. The molecule has 1 N–H and O–H groups in total. The van der Waals surface area contributed by atoms with Crippen molar-refractivity contribution in [1.82, 2.24) is 14.8 Å². The van der Waals surface area contributed by atoms with E-state index in [1.54, 1.807) is 19.3 Å². The lowest BCUT2D eigenvalue weighted by atomic mass is 10.1. The van der Waals surface area contributed by atoms with Crippen molar-refractivity contribution in [3.8, 4) is 0 Å². The number of fused-ring (bicyclic) bond motifs is 1. The SMILES string of the molecule is Cn1ncc(N2CCC(CNc3ccc4ccccc4n3)C2)cc1=O. The van der Waals surface area contributed by atoms with E-state index in [9.17, 15) is 4.79 Å². The van der Waals surface area contributed by atoms with Gasteiger partial charge in [0.15, 0.2) is 0 Å².